The summed E-state index contributed by atoms with van der Waals surface area (Å²) in [6, 6.07) is 13.2. The van der Waals surface area contributed by atoms with Crippen LogP contribution >= 0.6 is 0 Å². The third kappa shape index (κ3) is 2.25. The molecule has 0 spiro atoms. The Kier molecular flexibility index (Phi) is 4.15. The minimum atomic E-state index is 0.0313. The molecule has 1 aliphatic rings. The van der Waals surface area contributed by atoms with Gasteiger partial charge in [-0.3, -0.25) is 4.79 Å². The van der Waals surface area contributed by atoms with Gasteiger partial charge >= 0.3 is 0 Å². The van der Waals surface area contributed by atoms with Gasteiger partial charge in [0.1, 0.15) is 6.29 Å². The molecule has 0 aromatic heterocycles. The van der Waals surface area contributed by atoms with E-state index in [0.29, 0.717) is 0 Å². The largest absolute Gasteiger partial charge is 0.298 e. The van der Waals surface area contributed by atoms with Crippen LogP contribution in [0.4, 0.5) is 0 Å². The van der Waals surface area contributed by atoms with Gasteiger partial charge in [-0.2, -0.15) is 0 Å². The summed E-state index contributed by atoms with van der Waals surface area (Å²) in [6.45, 7) is 11.4. The molecule has 1 aliphatic carbocycles. The SMILES string of the molecule is CCC(C)(C)c1ccc2c(c1)C(CC)(CC)c1cc(C=O)ccc1-2. The highest BCUT2D eigenvalue weighted by atomic mass is 16.1. The van der Waals surface area contributed by atoms with E-state index in [1.807, 2.05) is 6.07 Å². The molecule has 1 heteroatoms. The number of aldehydes is 1. The summed E-state index contributed by atoms with van der Waals surface area (Å²) in [5, 5.41) is 0. The number of benzene rings is 2. The molecule has 0 heterocycles. The lowest BCUT2D eigenvalue weighted by Gasteiger charge is -2.31. The molecular weight excluding hydrogens is 292 g/mol. The van der Waals surface area contributed by atoms with Crippen LogP contribution in [0, 0.1) is 0 Å². The van der Waals surface area contributed by atoms with E-state index in [4.69, 9.17) is 0 Å². The number of carbonyl (C=O) groups is 1. The first-order chi connectivity index (χ1) is 11.4. The molecule has 0 aliphatic heterocycles. The van der Waals surface area contributed by atoms with Gasteiger partial charge in [0.2, 0.25) is 0 Å². The fourth-order valence-corrected chi connectivity index (χ4v) is 4.22. The Morgan fingerprint density at radius 1 is 0.917 bits per heavy atom. The molecule has 0 saturated carbocycles. The van der Waals surface area contributed by atoms with E-state index in [2.05, 4.69) is 65.0 Å². The number of rotatable bonds is 5. The minimum Gasteiger partial charge on any atom is -0.298 e. The maximum Gasteiger partial charge on any atom is 0.150 e. The predicted octanol–water partition coefficient (Wildman–Crippen LogP) is 6.27. The minimum absolute atomic E-state index is 0.0313. The van der Waals surface area contributed by atoms with Crippen LogP contribution < -0.4 is 0 Å². The Bertz CT molecular complexity index is 779. The molecule has 0 radical (unpaired) electrons. The quantitative estimate of drug-likeness (QED) is 0.593. The standard InChI is InChI=1S/C23H28O/c1-6-22(4,5)17-10-12-19-18-11-9-16(15-24)13-20(18)23(7-2,8-3)21(19)14-17/h9-15H,6-8H2,1-5H3. The van der Waals surface area contributed by atoms with Crippen molar-refractivity contribution in [2.24, 2.45) is 0 Å². The first kappa shape index (κ1) is 17.0. The number of carbonyl (C=O) groups excluding carboxylic acids is 1. The summed E-state index contributed by atoms with van der Waals surface area (Å²) >= 11 is 0. The van der Waals surface area contributed by atoms with Crippen LogP contribution in [0.5, 0.6) is 0 Å². The smallest absolute Gasteiger partial charge is 0.150 e. The Balaban J connectivity index is 2.29. The maximum absolute atomic E-state index is 11.3. The highest BCUT2D eigenvalue weighted by Crippen LogP contribution is 2.53. The molecule has 0 bridgehead atoms. The van der Waals surface area contributed by atoms with Crippen molar-refractivity contribution in [1.82, 2.24) is 0 Å². The van der Waals surface area contributed by atoms with E-state index >= 15 is 0 Å². The van der Waals surface area contributed by atoms with Crippen molar-refractivity contribution in [3.8, 4) is 11.1 Å². The van der Waals surface area contributed by atoms with Crippen molar-refractivity contribution in [3.05, 3.63) is 58.7 Å². The molecule has 0 saturated heterocycles. The van der Waals surface area contributed by atoms with E-state index < -0.39 is 0 Å². The molecule has 0 N–H and O–H groups in total. The van der Waals surface area contributed by atoms with Gasteiger partial charge in [-0.15, -0.1) is 0 Å². The summed E-state index contributed by atoms with van der Waals surface area (Å²) in [7, 11) is 0. The van der Waals surface area contributed by atoms with Crippen molar-refractivity contribution >= 4 is 6.29 Å². The molecule has 2 aromatic carbocycles. The Labute approximate surface area is 146 Å². The lowest BCUT2D eigenvalue weighted by atomic mass is 9.72. The van der Waals surface area contributed by atoms with Gasteiger partial charge in [0.05, 0.1) is 0 Å². The molecule has 3 rings (SSSR count). The van der Waals surface area contributed by atoms with Crippen molar-refractivity contribution in [2.75, 3.05) is 0 Å². The summed E-state index contributed by atoms with van der Waals surface area (Å²) in [5.41, 5.74) is 7.85. The normalized spacial score (nSPS) is 15.0. The third-order valence-corrected chi connectivity index (χ3v) is 6.39. The number of fused-ring (bicyclic) bond motifs is 3. The zero-order chi connectivity index (χ0) is 17.5. The molecule has 0 unspecified atom stereocenters. The molecule has 0 fully saturated rings. The number of hydrogen-bond acceptors (Lipinski definition) is 1. The summed E-state index contributed by atoms with van der Waals surface area (Å²) < 4.78 is 0. The molecule has 126 valence electrons. The lowest BCUT2D eigenvalue weighted by Crippen LogP contribution is -2.24. The summed E-state index contributed by atoms with van der Waals surface area (Å²) in [5.74, 6) is 0. The van der Waals surface area contributed by atoms with Crippen LogP contribution in [0.25, 0.3) is 11.1 Å². The maximum atomic E-state index is 11.3. The van der Waals surface area contributed by atoms with Crippen molar-refractivity contribution in [3.63, 3.8) is 0 Å². The Hall–Kier alpha value is -1.89. The van der Waals surface area contributed by atoms with Crippen molar-refractivity contribution in [2.45, 2.75) is 64.7 Å². The lowest BCUT2D eigenvalue weighted by molar-refractivity contribution is 0.112. The summed E-state index contributed by atoms with van der Waals surface area (Å²) in [6.07, 6.45) is 4.20. The second kappa shape index (κ2) is 5.88. The van der Waals surface area contributed by atoms with E-state index in [9.17, 15) is 4.79 Å². The Morgan fingerprint density at radius 3 is 2.04 bits per heavy atom. The van der Waals surface area contributed by atoms with Gasteiger partial charge in [0.25, 0.3) is 0 Å². The van der Waals surface area contributed by atoms with Crippen LogP contribution in [0.2, 0.25) is 0 Å². The van der Waals surface area contributed by atoms with Crippen LogP contribution in [0.3, 0.4) is 0 Å². The van der Waals surface area contributed by atoms with Gasteiger partial charge in [-0.1, -0.05) is 65.0 Å². The van der Waals surface area contributed by atoms with E-state index in [-0.39, 0.29) is 10.8 Å². The van der Waals surface area contributed by atoms with Gasteiger partial charge in [-0.05, 0) is 58.6 Å². The van der Waals surface area contributed by atoms with E-state index in [1.54, 1.807) is 0 Å². The predicted molar refractivity (Wildman–Crippen MR) is 102 cm³/mol. The molecule has 0 atom stereocenters. The zero-order valence-electron chi connectivity index (χ0n) is 15.6. The van der Waals surface area contributed by atoms with Crippen molar-refractivity contribution in [1.29, 1.82) is 0 Å². The van der Waals surface area contributed by atoms with Gasteiger partial charge < -0.3 is 0 Å². The van der Waals surface area contributed by atoms with Gasteiger partial charge in [0.15, 0.2) is 0 Å². The van der Waals surface area contributed by atoms with Crippen LogP contribution in [0.15, 0.2) is 36.4 Å². The third-order valence-electron chi connectivity index (χ3n) is 6.39. The first-order valence-corrected chi connectivity index (χ1v) is 9.18. The molecular formula is C23H28O. The molecule has 24 heavy (non-hydrogen) atoms. The first-order valence-electron chi connectivity index (χ1n) is 9.18. The topological polar surface area (TPSA) is 17.1 Å². The second-order valence-corrected chi connectivity index (χ2v) is 7.71. The highest BCUT2D eigenvalue weighted by molar-refractivity contribution is 5.85. The van der Waals surface area contributed by atoms with Crippen LogP contribution in [-0.2, 0) is 10.8 Å². The molecule has 0 amide bonds. The fraction of sp³-hybridized carbons (Fsp3) is 0.435. The van der Waals surface area contributed by atoms with Crippen LogP contribution in [0.1, 0.15) is 80.9 Å². The fourth-order valence-electron chi connectivity index (χ4n) is 4.22. The average Bonchev–Trinajstić information content (AvgIpc) is 2.90. The van der Waals surface area contributed by atoms with Crippen LogP contribution in [-0.4, -0.2) is 6.29 Å². The summed E-state index contributed by atoms with van der Waals surface area (Å²) in [4.78, 5) is 11.3. The zero-order valence-corrected chi connectivity index (χ0v) is 15.6. The second-order valence-electron chi connectivity index (χ2n) is 7.71. The van der Waals surface area contributed by atoms with Gasteiger partial charge in [-0.25, -0.2) is 0 Å². The number of hydrogen-bond donors (Lipinski definition) is 0. The average molecular weight is 320 g/mol. The van der Waals surface area contributed by atoms with Crippen molar-refractivity contribution < 1.29 is 4.79 Å². The van der Waals surface area contributed by atoms with E-state index in [0.717, 1.165) is 31.1 Å². The van der Waals surface area contributed by atoms with E-state index in [1.165, 1.54) is 27.8 Å². The monoisotopic (exact) mass is 320 g/mol. The molecule has 1 nitrogen and oxygen atoms in total. The molecule has 2 aromatic rings. The van der Waals surface area contributed by atoms with Gasteiger partial charge in [0, 0.05) is 11.0 Å². The Morgan fingerprint density at radius 2 is 1.50 bits per heavy atom. The highest BCUT2D eigenvalue weighted by Gasteiger charge is 2.41.